The smallest absolute Gasteiger partial charge is 0.255 e. The van der Waals surface area contributed by atoms with Crippen LogP contribution in [0.3, 0.4) is 0 Å². The quantitative estimate of drug-likeness (QED) is 0.852. The summed E-state index contributed by atoms with van der Waals surface area (Å²) in [6.07, 6.45) is 2.76. The number of hydrogen-bond acceptors (Lipinski definition) is 6. The minimum Gasteiger partial charge on any atom is -0.336 e. The molecule has 0 unspecified atom stereocenters. The van der Waals surface area contributed by atoms with E-state index in [4.69, 9.17) is 0 Å². The Morgan fingerprint density at radius 2 is 2.10 bits per heavy atom. The molecule has 2 aromatic rings. The molecule has 0 aromatic carbocycles. The standard InChI is InChI=1S/C13H17N5OS/c1-2-3-17-4-6-18(7-5-17)13(19)10-8-11-12(14-9-10)16-20-15-11/h8-9H,2-7H2,1H3. The van der Waals surface area contributed by atoms with E-state index in [1.807, 2.05) is 4.90 Å². The first-order valence-corrected chi connectivity index (χ1v) is 7.61. The highest BCUT2D eigenvalue weighted by molar-refractivity contribution is 7.00. The molecule has 1 aliphatic rings. The highest BCUT2D eigenvalue weighted by Gasteiger charge is 2.22. The van der Waals surface area contributed by atoms with Crippen LogP contribution in [-0.4, -0.2) is 62.2 Å². The molecule has 0 bridgehead atoms. The first kappa shape index (κ1) is 13.4. The van der Waals surface area contributed by atoms with Crippen molar-refractivity contribution in [3.05, 3.63) is 17.8 Å². The SMILES string of the molecule is CCCN1CCN(C(=O)c2cnc3nsnc3c2)CC1. The van der Waals surface area contributed by atoms with Gasteiger partial charge in [-0.3, -0.25) is 9.69 Å². The lowest BCUT2D eigenvalue weighted by Crippen LogP contribution is -2.48. The number of carbonyl (C=O) groups is 1. The largest absolute Gasteiger partial charge is 0.336 e. The average molecular weight is 291 g/mol. The first-order valence-electron chi connectivity index (χ1n) is 6.88. The number of aromatic nitrogens is 3. The fourth-order valence-electron chi connectivity index (χ4n) is 2.48. The molecule has 3 rings (SSSR count). The van der Waals surface area contributed by atoms with Crippen molar-refractivity contribution in [2.45, 2.75) is 13.3 Å². The number of pyridine rings is 1. The highest BCUT2D eigenvalue weighted by Crippen LogP contribution is 2.13. The molecule has 1 aliphatic heterocycles. The van der Waals surface area contributed by atoms with Crippen LogP contribution in [-0.2, 0) is 0 Å². The fourth-order valence-corrected chi connectivity index (χ4v) is 2.96. The summed E-state index contributed by atoms with van der Waals surface area (Å²) in [6, 6.07) is 1.78. The number of amides is 1. The van der Waals surface area contributed by atoms with E-state index in [2.05, 4.69) is 25.6 Å². The van der Waals surface area contributed by atoms with E-state index in [1.54, 1.807) is 12.3 Å². The summed E-state index contributed by atoms with van der Waals surface area (Å²) in [6.45, 7) is 6.76. The maximum absolute atomic E-state index is 12.5. The Hall–Kier alpha value is -1.60. The van der Waals surface area contributed by atoms with Gasteiger partial charge in [-0.1, -0.05) is 6.92 Å². The van der Waals surface area contributed by atoms with Gasteiger partial charge in [0.15, 0.2) is 5.65 Å². The molecule has 3 heterocycles. The molecule has 0 aliphatic carbocycles. The Labute approximate surface area is 121 Å². The molecule has 0 atom stereocenters. The Kier molecular flexibility index (Phi) is 3.88. The van der Waals surface area contributed by atoms with Crippen molar-refractivity contribution in [3.8, 4) is 0 Å². The third-order valence-corrected chi connectivity index (χ3v) is 4.09. The second-order valence-corrected chi connectivity index (χ2v) is 5.49. The van der Waals surface area contributed by atoms with Crippen molar-refractivity contribution < 1.29 is 4.79 Å². The van der Waals surface area contributed by atoms with Crippen LogP contribution in [0.15, 0.2) is 12.3 Å². The van der Waals surface area contributed by atoms with Gasteiger partial charge in [0.25, 0.3) is 5.91 Å². The van der Waals surface area contributed by atoms with Gasteiger partial charge >= 0.3 is 0 Å². The monoisotopic (exact) mass is 291 g/mol. The van der Waals surface area contributed by atoms with Crippen LogP contribution in [0.5, 0.6) is 0 Å². The molecule has 1 amide bonds. The minimum absolute atomic E-state index is 0.0450. The van der Waals surface area contributed by atoms with Crippen LogP contribution in [0.4, 0.5) is 0 Å². The van der Waals surface area contributed by atoms with Gasteiger partial charge < -0.3 is 4.90 Å². The molecule has 106 valence electrons. The number of rotatable bonds is 3. The van der Waals surface area contributed by atoms with Crippen LogP contribution in [0, 0.1) is 0 Å². The van der Waals surface area contributed by atoms with E-state index in [-0.39, 0.29) is 5.91 Å². The van der Waals surface area contributed by atoms with Crippen molar-refractivity contribution in [1.29, 1.82) is 0 Å². The van der Waals surface area contributed by atoms with Crippen molar-refractivity contribution in [3.63, 3.8) is 0 Å². The molecule has 0 radical (unpaired) electrons. The van der Waals surface area contributed by atoms with Gasteiger partial charge in [-0.25, -0.2) is 4.98 Å². The molecule has 7 heteroatoms. The Balaban J connectivity index is 1.69. The summed E-state index contributed by atoms with van der Waals surface area (Å²) < 4.78 is 8.18. The molecule has 0 saturated carbocycles. The van der Waals surface area contributed by atoms with Gasteiger partial charge in [-0.05, 0) is 19.0 Å². The lowest BCUT2D eigenvalue weighted by Gasteiger charge is -2.34. The molecule has 0 N–H and O–H groups in total. The highest BCUT2D eigenvalue weighted by atomic mass is 32.1. The number of nitrogens with zero attached hydrogens (tertiary/aromatic N) is 5. The molecule has 0 spiro atoms. The average Bonchev–Trinajstić information content (AvgIpc) is 2.95. The maximum Gasteiger partial charge on any atom is 0.255 e. The van der Waals surface area contributed by atoms with Gasteiger partial charge in [0, 0.05) is 32.4 Å². The molecule has 1 fully saturated rings. The molecule has 2 aromatic heterocycles. The molecule has 6 nitrogen and oxygen atoms in total. The second-order valence-electron chi connectivity index (χ2n) is 4.96. The van der Waals surface area contributed by atoms with Crippen molar-refractivity contribution in [2.24, 2.45) is 0 Å². The fraction of sp³-hybridized carbons (Fsp3) is 0.538. The van der Waals surface area contributed by atoms with E-state index >= 15 is 0 Å². The van der Waals surface area contributed by atoms with Gasteiger partial charge in [0.1, 0.15) is 5.52 Å². The molecular weight excluding hydrogens is 274 g/mol. The van der Waals surface area contributed by atoms with Gasteiger partial charge in [-0.15, -0.1) is 0 Å². The maximum atomic E-state index is 12.5. The van der Waals surface area contributed by atoms with Crippen molar-refractivity contribution in [1.82, 2.24) is 23.5 Å². The van der Waals surface area contributed by atoms with E-state index < -0.39 is 0 Å². The van der Waals surface area contributed by atoms with Gasteiger partial charge in [0.05, 0.1) is 17.3 Å². The van der Waals surface area contributed by atoms with Gasteiger partial charge in [-0.2, -0.15) is 8.75 Å². The lowest BCUT2D eigenvalue weighted by molar-refractivity contribution is 0.0637. The zero-order valence-electron chi connectivity index (χ0n) is 11.4. The second kappa shape index (κ2) is 5.80. The Morgan fingerprint density at radius 3 is 2.85 bits per heavy atom. The van der Waals surface area contributed by atoms with Crippen molar-refractivity contribution in [2.75, 3.05) is 32.7 Å². The van der Waals surface area contributed by atoms with Crippen LogP contribution in [0.2, 0.25) is 0 Å². The molecule has 20 heavy (non-hydrogen) atoms. The summed E-state index contributed by atoms with van der Waals surface area (Å²) in [7, 11) is 0. The Bertz CT molecular complexity index is 606. The first-order chi connectivity index (χ1) is 9.78. The summed E-state index contributed by atoms with van der Waals surface area (Å²) in [5.74, 6) is 0.0450. The van der Waals surface area contributed by atoms with Crippen LogP contribution in [0.1, 0.15) is 23.7 Å². The minimum atomic E-state index is 0.0450. The number of fused-ring (bicyclic) bond motifs is 1. The Morgan fingerprint density at radius 1 is 1.30 bits per heavy atom. The third kappa shape index (κ3) is 2.64. The summed E-state index contributed by atoms with van der Waals surface area (Å²) in [5.41, 5.74) is 1.92. The topological polar surface area (TPSA) is 62.2 Å². The van der Waals surface area contributed by atoms with E-state index in [9.17, 15) is 4.79 Å². The predicted octanol–water partition coefficient (Wildman–Crippen LogP) is 1.25. The number of hydrogen-bond donors (Lipinski definition) is 0. The summed E-state index contributed by atoms with van der Waals surface area (Å²) in [4.78, 5) is 20.9. The molecule has 1 saturated heterocycles. The normalized spacial score (nSPS) is 16.8. The number of piperazine rings is 1. The van der Waals surface area contributed by atoms with E-state index in [1.165, 1.54) is 0 Å². The predicted molar refractivity (Wildman–Crippen MR) is 77.8 cm³/mol. The number of carbonyl (C=O) groups excluding carboxylic acids is 1. The van der Waals surface area contributed by atoms with Crippen molar-refractivity contribution >= 4 is 28.8 Å². The van der Waals surface area contributed by atoms with E-state index in [0.29, 0.717) is 16.7 Å². The van der Waals surface area contributed by atoms with Crippen LogP contribution >= 0.6 is 11.7 Å². The van der Waals surface area contributed by atoms with Crippen LogP contribution < -0.4 is 0 Å². The lowest BCUT2D eigenvalue weighted by atomic mass is 10.2. The van der Waals surface area contributed by atoms with Crippen LogP contribution in [0.25, 0.3) is 11.2 Å². The zero-order chi connectivity index (χ0) is 13.9. The summed E-state index contributed by atoms with van der Waals surface area (Å²) in [5, 5.41) is 0. The zero-order valence-corrected chi connectivity index (χ0v) is 12.3. The molecular formula is C13H17N5OS. The summed E-state index contributed by atoms with van der Waals surface area (Å²) >= 11 is 1.12. The van der Waals surface area contributed by atoms with Gasteiger partial charge in [0.2, 0.25) is 0 Å². The third-order valence-electron chi connectivity index (χ3n) is 3.56. The van der Waals surface area contributed by atoms with E-state index in [0.717, 1.165) is 50.9 Å².